The Labute approximate surface area is 114 Å². The molecular formula is C15H24O4. The van der Waals surface area contributed by atoms with Crippen molar-refractivity contribution < 1.29 is 19.3 Å². The van der Waals surface area contributed by atoms with Crippen molar-refractivity contribution >= 4 is 0 Å². The fourth-order valence-corrected chi connectivity index (χ4v) is 4.36. The number of hydrogen-bond donors (Lipinski definition) is 1. The van der Waals surface area contributed by atoms with Gasteiger partial charge in [-0.25, -0.2) is 0 Å². The maximum atomic E-state index is 10.3. The van der Waals surface area contributed by atoms with E-state index in [1.165, 1.54) is 0 Å². The zero-order chi connectivity index (χ0) is 13.8. The SMILES string of the molecule is C=C[C@H]1C[C@@H](O)[C@H](OC)[C@@H]2[C@H]1C[C@H]1OC(C)(C)O[C@@H]21. The van der Waals surface area contributed by atoms with Gasteiger partial charge in [-0.3, -0.25) is 0 Å². The van der Waals surface area contributed by atoms with Crippen LogP contribution in [0.15, 0.2) is 12.7 Å². The highest BCUT2D eigenvalue weighted by Crippen LogP contribution is 2.53. The molecular weight excluding hydrogens is 244 g/mol. The molecule has 0 radical (unpaired) electrons. The van der Waals surface area contributed by atoms with Crippen LogP contribution in [0.25, 0.3) is 0 Å². The summed E-state index contributed by atoms with van der Waals surface area (Å²) in [5.41, 5.74) is 0. The molecule has 1 heterocycles. The van der Waals surface area contributed by atoms with Gasteiger partial charge in [0.05, 0.1) is 24.4 Å². The number of allylic oxidation sites excluding steroid dienone is 1. The standard InChI is InChI=1S/C15H24O4/c1-5-8-6-10(16)13(17-4)12-9(8)7-11-14(12)19-15(2,3)18-11/h5,8-14,16H,1,6-7H2,2-4H3/t8-,9-,10+,11+,12-,13-,14+/m0/s1. The van der Waals surface area contributed by atoms with E-state index in [4.69, 9.17) is 14.2 Å². The van der Waals surface area contributed by atoms with Crippen molar-refractivity contribution in [3.63, 3.8) is 0 Å². The molecule has 0 aromatic carbocycles. The van der Waals surface area contributed by atoms with Gasteiger partial charge in [-0.15, -0.1) is 6.58 Å². The Kier molecular flexibility index (Phi) is 3.25. The number of fused-ring (bicyclic) bond motifs is 3. The predicted molar refractivity (Wildman–Crippen MR) is 70.5 cm³/mol. The van der Waals surface area contributed by atoms with Crippen LogP contribution in [0, 0.1) is 17.8 Å². The second-order valence-corrected chi connectivity index (χ2v) is 6.52. The van der Waals surface area contributed by atoms with E-state index in [0.29, 0.717) is 11.8 Å². The Morgan fingerprint density at radius 1 is 1.32 bits per heavy atom. The molecule has 108 valence electrons. The summed E-state index contributed by atoms with van der Waals surface area (Å²) in [5, 5.41) is 10.3. The molecule has 2 aliphatic carbocycles. The number of hydrogen-bond acceptors (Lipinski definition) is 4. The van der Waals surface area contributed by atoms with E-state index in [2.05, 4.69) is 6.58 Å². The van der Waals surface area contributed by atoms with Crippen molar-refractivity contribution in [3.8, 4) is 0 Å². The fraction of sp³-hybridized carbons (Fsp3) is 0.867. The molecule has 1 saturated heterocycles. The molecule has 0 amide bonds. The first-order valence-corrected chi connectivity index (χ1v) is 7.16. The molecule has 2 saturated carbocycles. The van der Waals surface area contributed by atoms with Gasteiger partial charge in [0.1, 0.15) is 0 Å². The first-order valence-electron chi connectivity index (χ1n) is 7.16. The quantitative estimate of drug-likeness (QED) is 0.775. The third-order valence-electron chi connectivity index (χ3n) is 5.00. The summed E-state index contributed by atoms with van der Waals surface area (Å²) in [7, 11) is 1.67. The Balaban J connectivity index is 1.89. The van der Waals surface area contributed by atoms with E-state index in [1.54, 1.807) is 7.11 Å². The van der Waals surface area contributed by atoms with E-state index in [0.717, 1.165) is 12.8 Å². The molecule has 0 spiro atoms. The molecule has 1 aliphatic heterocycles. The van der Waals surface area contributed by atoms with E-state index in [1.807, 2.05) is 19.9 Å². The lowest BCUT2D eigenvalue weighted by molar-refractivity contribution is -0.184. The van der Waals surface area contributed by atoms with Gasteiger partial charge in [0.2, 0.25) is 0 Å². The highest BCUT2D eigenvalue weighted by atomic mass is 16.8. The number of aliphatic hydroxyl groups is 1. The molecule has 0 aromatic rings. The van der Waals surface area contributed by atoms with Crippen LogP contribution in [0.5, 0.6) is 0 Å². The van der Waals surface area contributed by atoms with Crippen molar-refractivity contribution in [3.05, 3.63) is 12.7 Å². The predicted octanol–water partition coefficient (Wildman–Crippen LogP) is 1.72. The lowest BCUT2D eigenvalue weighted by atomic mass is 9.70. The topological polar surface area (TPSA) is 47.9 Å². The van der Waals surface area contributed by atoms with E-state index in [-0.39, 0.29) is 24.2 Å². The Bertz CT molecular complexity index is 367. The fourth-order valence-electron chi connectivity index (χ4n) is 4.36. The average Bonchev–Trinajstić information content (AvgIpc) is 2.81. The Morgan fingerprint density at radius 2 is 2.05 bits per heavy atom. The van der Waals surface area contributed by atoms with Crippen LogP contribution in [0.1, 0.15) is 26.7 Å². The molecule has 3 rings (SSSR count). The van der Waals surface area contributed by atoms with Crippen molar-refractivity contribution in [1.82, 2.24) is 0 Å². The molecule has 4 nitrogen and oxygen atoms in total. The molecule has 0 bridgehead atoms. The van der Waals surface area contributed by atoms with Crippen LogP contribution in [0.4, 0.5) is 0 Å². The van der Waals surface area contributed by atoms with Gasteiger partial charge < -0.3 is 19.3 Å². The van der Waals surface area contributed by atoms with Gasteiger partial charge in [0, 0.05) is 13.0 Å². The lowest BCUT2D eigenvalue weighted by Crippen LogP contribution is -2.49. The van der Waals surface area contributed by atoms with E-state index < -0.39 is 11.9 Å². The largest absolute Gasteiger partial charge is 0.390 e. The smallest absolute Gasteiger partial charge is 0.163 e. The minimum atomic E-state index is -0.523. The van der Waals surface area contributed by atoms with Crippen LogP contribution in [-0.4, -0.2) is 42.4 Å². The number of ether oxygens (including phenoxy) is 3. The van der Waals surface area contributed by atoms with Gasteiger partial charge in [0.15, 0.2) is 5.79 Å². The molecule has 0 unspecified atom stereocenters. The zero-order valence-electron chi connectivity index (χ0n) is 11.9. The summed E-state index contributed by atoms with van der Waals surface area (Å²) in [6.07, 6.45) is 3.22. The molecule has 3 fully saturated rings. The summed E-state index contributed by atoms with van der Waals surface area (Å²) in [6, 6.07) is 0. The molecule has 0 aromatic heterocycles. The molecule has 3 aliphatic rings. The van der Waals surface area contributed by atoms with Gasteiger partial charge in [-0.2, -0.15) is 0 Å². The van der Waals surface area contributed by atoms with Crippen LogP contribution < -0.4 is 0 Å². The van der Waals surface area contributed by atoms with Crippen molar-refractivity contribution in [2.45, 2.75) is 56.9 Å². The van der Waals surface area contributed by atoms with Gasteiger partial charge in [-0.1, -0.05) is 6.08 Å². The maximum Gasteiger partial charge on any atom is 0.163 e. The number of aliphatic hydroxyl groups excluding tert-OH is 1. The monoisotopic (exact) mass is 268 g/mol. The average molecular weight is 268 g/mol. The Hall–Kier alpha value is -0.420. The molecule has 1 N–H and O–H groups in total. The summed E-state index contributed by atoms with van der Waals surface area (Å²) in [5.74, 6) is 0.442. The minimum absolute atomic E-state index is 0.0300. The van der Waals surface area contributed by atoms with Crippen molar-refractivity contribution in [2.24, 2.45) is 17.8 Å². The first kappa shape index (κ1) is 13.6. The van der Waals surface area contributed by atoms with Crippen LogP contribution in [-0.2, 0) is 14.2 Å². The van der Waals surface area contributed by atoms with E-state index in [9.17, 15) is 5.11 Å². The summed E-state index contributed by atoms with van der Waals surface area (Å²) >= 11 is 0. The van der Waals surface area contributed by atoms with Crippen molar-refractivity contribution in [1.29, 1.82) is 0 Å². The first-order chi connectivity index (χ1) is 8.96. The second kappa shape index (κ2) is 4.55. The third kappa shape index (κ3) is 2.05. The molecule has 4 heteroatoms. The molecule has 7 atom stereocenters. The maximum absolute atomic E-state index is 10.3. The van der Waals surface area contributed by atoms with Crippen LogP contribution in [0.2, 0.25) is 0 Å². The summed E-state index contributed by atoms with van der Waals surface area (Å²) < 4.78 is 17.6. The highest BCUT2D eigenvalue weighted by molar-refractivity contribution is 5.09. The second-order valence-electron chi connectivity index (χ2n) is 6.52. The third-order valence-corrected chi connectivity index (χ3v) is 5.00. The van der Waals surface area contributed by atoms with Gasteiger partial charge in [0.25, 0.3) is 0 Å². The summed E-state index contributed by atoms with van der Waals surface area (Å²) in [6.45, 7) is 7.82. The minimum Gasteiger partial charge on any atom is -0.390 e. The van der Waals surface area contributed by atoms with Gasteiger partial charge in [-0.05, 0) is 38.5 Å². The molecule has 19 heavy (non-hydrogen) atoms. The van der Waals surface area contributed by atoms with E-state index >= 15 is 0 Å². The normalized spacial score (nSPS) is 51.7. The van der Waals surface area contributed by atoms with Crippen molar-refractivity contribution in [2.75, 3.05) is 7.11 Å². The van der Waals surface area contributed by atoms with Crippen LogP contribution >= 0.6 is 0 Å². The van der Waals surface area contributed by atoms with Gasteiger partial charge >= 0.3 is 0 Å². The van der Waals surface area contributed by atoms with Crippen LogP contribution in [0.3, 0.4) is 0 Å². The Morgan fingerprint density at radius 3 is 2.68 bits per heavy atom. The zero-order valence-corrected chi connectivity index (χ0v) is 11.9. The number of rotatable bonds is 2. The lowest BCUT2D eigenvalue weighted by Gasteiger charge is -2.42. The number of methoxy groups -OCH3 is 1. The summed E-state index contributed by atoms with van der Waals surface area (Å²) in [4.78, 5) is 0. The highest BCUT2D eigenvalue weighted by Gasteiger charge is 2.59.